The van der Waals surface area contributed by atoms with E-state index in [1.54, 1.807) is 26.8 Å². The van der Waals surface area contributed by atoms with Crippen molar-refractivity contribution in [2.45, 2.75) is 71.2 Å². The van der Waals surface area contributed by atoms with Gasteiger partial charge in [0.25, 0.3) is 0 Å². The fraction of sp³-hybridized carbons (Fsp3) is 0.500. The molecule has 9 nitrogen and oxygen atoms in total. The van der Waals surface area contributed by atoms with Crippen molar-refractivity contribution in [2.24, 2.45) is 0 Å². The lowest BCUT2D eigenvalue weighted by Gasteiger charge is -2.21. The van der Waals surface area contributed by atoms with Crippen molar-refractivity contribution < 1.29 is 32.6 Å². The van der Waals surface area contributed by atoms with Crippen molar-refractivity contribution in [1.82, 2.24) is 9.97 Å². The Morgan fingerprint density at radius 3 is 2.27 bits per heavy atom. The molecule has 37 heavy (non-hydrogen) atoms. The molecule has 0 saturated carbocycles. The lowest BCUT2D eigenvalue weighted by atomic mass is 9.97. The first-order chi connectivity index (χ1) is 17.0. The minimum atomic E-state index is -3.65. The van der Waals surface area contributed by atoms with E-state index in [-0.39, 0.29) is 24.7 Å². The van der Waals surface area contributed by atoms with Crippen LogP contribution in [-0.2, 0) is 19.6 Å². The number of esters is 1. The topological polar surface area (TPSA) is 130 Å². The second-order valence-electron chi connectivity index (χ2n) is 10.2. The van der Waals surface area contributed by atoms with Crippen LogP contribution in [0.5, 0.6) is 0 Å². The molecule has 0 amide bonds. The second-order valence-corrected chi connectivity index (χ2v) is 12.2. The molecular weight excluding hydrogens is 501 g/mol. The molecule has 0 aliphatic carbocycles. The molecule has 11 heteroatoms. The zero-order valence-electron chi connectivity index (χ0n) is 22.3. The maximum atomic E-state index is 13.6. The van der Waals surface area contributed by atoms with Gasteiger partial charge >= 0.3 is 5.97 Å². The van der Waals surface area contributed by atoms with E-state index >= 15 is 0 Å². The summed E-state index contributed by atoms with van der Waals surface area (Å²) < 4.78 is 44.1. The Labute approximate surface area is 218 Å². The first-order valence-electron chi connectivity index (χ1n) is 11.9. The molecule has 2 N–H and O–H groups in total. The fourth-order valence-corrected chi connectivity index (χ4v) is 3.80. The number of halogens is 1. The van der Waals surface area contributed by atoms with Gasteiger partial charge in [0.2, 0.25) is 16.0 Å². The molecule has 1 aromatic carbocycles. The first kappa shape index (κ1) is 30.3. The van der Waals surface area contributed by atoms with Gasteiger partial charge in [0.15, 0.2) is 0 Å². The number of rotatable bonds is 10. The molecule has 0 aliphatic heterocycles. The van der Waals surface area contributed by atoms with Gasteiger partial charge in [-0.1, -0.05) is 26.0 Å². The van der Waals surface area contributed by atoms with Crippen LogP contribution in [0.2, 0.25) is 0 Å². The lowest BCUT2D eigenvalue weighted by molar-refractivity contribution is -0.157. The standard InChI is InChI=1S/C26H36FN3O6S/c1-16(2)23-21(13-12-19(31)14-20(32)15-22(33)36-26(3,4)5)24(17-8-10-18(27)11-9-17)29-25(28-23)30(6)37(7,34)35/h8-13,16,19-20,31-32H,14-15H2,1-7H3/b13-12+/t19-,20+/m0/s1. The van der Waals surface area contributed by atoms with E-state index in [0.717, 1.165) is 10.6 Å². The van der Waals surface area contributed by atoms with E-state index in [4.69, 9.17) is 4.74 Å². The highest BCUT2D eigenvalue weighted by molar-refractivity contribution is 7.92. The van der Waals surface area contributed by atoms with Crippen LogP contribution in [0.15, 0.2) is 30.3 Å². The largest absolute Gasteiger partial charge is 0.460 e. The molecule has 1 aromatic heterocycles. The van der Waals surface area contributed by atoms with E-state index in [0.29, 0.717) is 22.5 Å². The third-order valence-electron chi connectivity index (χ3n) is 5.23. The number of aliphatic hydroxyl groups excluding tert-OH is 2. The summed E-state index contributed by atoms with van der Waals surface area (Å²) in [6.45, 7) is 8.92. The molecule has 0 fully saturated rings. The summed E-state index contributed by atoms with van der Waals surface area (Å²) in [5.41, 5.74) is 1.21. The molecule has 0 saturated heterocycles. The second kappa shape index (κ2) is 12.1. The highest BCUT2D eigenvalue weighted by Gasteiger charge is 2.23. The number of carbonyl (C=O) groups is 1. The van der Waals surface area contributed by atoms with Gasteiger partial charge in [-0.05, 0) is 51.0 Å². The van der Waals surface area contributed by atoms with Crippen LogP contribution < -0.4 is 4.31 Å². The van der Waals surface area contributed by atoms with E-state index in [1.165, 1.54) is 37.4 Å². The molecule has 0 bridgehead atoms. The Morgan fingerprint density at radius 2 is 1.76 bits per heavy atom. The lowest BCUT2D eigenvalue weighted by Crippen LogP contribution is -2.28. The minimum absolute atomic E-state index is 0.0454. The zero-order chi connectivity index (χ0) is 28.1. The molecule has 2 atom stereocenters. The summed E-state index contributed by atoms with van der Waals surface area (Å²) in [6, 6.07) is 5.57. The van der Waals surface area contributed by atoms with E-state index in [1.807, 2.05) is 13.8 Å². The fourth-order valence-electron chi connectivity index (χ4n) is 3.42. The van der Waals surface area contributed by atoms with Crippen LogP contribution >= 0.6 is 0 Å². The predicted octanol–water partition coefficient (Wildman–Crippen LogP) is 3.66. The van der Waals surface area contributed by atoms with Gasteiger partial charge in [0.1, 0.15) is 11.4 Å². The highest BCUT2D eigenvalue weighted by atomic mass is 32.2. The summed E-state index contributed by atoms with van der Waals surface area (Å²) in [5.74, 6) is -1.22. The highest BCUT2D eigenvalue weighted by Crippen LogP contribution is 2.31. The molecule has 0 unspecified atom stereocenters. The van der Waals surface area contributed by atoms with Crippen LogP contribution in [0.4, 0.5) is 10.3 Å². The quantitative estimate of drug-likeness (QED) is 0.439. The van der Waals surface area contributed by atoms with Gasteiger partial charge in [0, 0.05) is 24.6 Å². The molecule has 1 heterocycles. The van der Waals surface area contributed by atoms with Crippen LogP contribution in [0.25, 0.3) is 17.3 Å². The van der Waals surface area contributed by atoms with Gasteiger partial charge in [0.05, 0.1) is 36.3 Å². The summed E-state index contributed by atoms with van der Waals surface area (Å²) in [6.07, 6.45) is 1.44. The molecule has 0 aliphatic rings. The van der Waals surface area contributed by atoms with Crippen molar-refractivity contribution in [3.63, 3.8) is 0 Å². The number of ether oxygens (including phenoxy) is 1. The van der Waals surface area contributed by atoms with Crippen molar-refractivity contribution in [2.75, 3.05) is 17.6 Å². The molecule has 204 valence electrons. The summed E-state index contributed by atoms with van der Waals surface area (Å²) in [5, 5.41) is 20.8. The van der Waals surface area contributed by atoms with Gasteiger partial charge < -0.3 is 14.9 Å². The van der Waals surface area contributed by atoms with Gasteiger partial charge in [-0.15, -0.1) is 0 Å². The number of sulfonamides is 1. The smallest absolute Gasteiger partial charge is 0.308 e. The van der Waals surface area contributed by atoms with E-state index < -0.39 is 39.6 Å². The normalized spacial score (nSPS) is 14.1. The maximum Gasteiger partial charge on any atom is 0.308 e. The van der Waals surface area contributed by atoms with Crippen molar-refractivity contribution in [3.8, 4) is 11.3 Å². The maximum absolute atomic E-state index is 13.6. The third kappa shape index (κ3) is 9.17. The van der Waals surface area contributed by atoms with Crippen LogP contribution in [0, 0.1) is 5.82 Å². The SMILES string of the molecule is CC(C)c1nc(N(C)S(C)(=O)=O)nc(-c2ccc(F)cc2)c1/C=C/[C@H](O)C[C@@H](O)CC(=O)OC(C)(C)C. The zero-order valence-corrected chi connectivity index (χ0v) is 23.1. The number of aliphatic hydroxyl groups is 2. The monoisotopic (exact) mass is 537 g/mol. The Hall–Kier alpha value is -2.89. The van der Waals surface area contributed by atoms with Crippen LogP contribution in [-0.4, -0.2) is 65.7 Å². The van der Waals surface area contributed by atoms with Crippen LogP contribution in [0.1, 0.15) is 64.6 Å². The molecule has 2 aromatic rings. The molecule has 0 radical (unpaired) electrons. The Kier molecular flexibility index (Phi) is 9.92. The van der Waals surface area contributed by atoms with E-state index in [2.05, 4.69) is 9.97 Å². The Balaban J connectivity index is 2.45. The third-order valence-corrected chi connectivity index (χ3v) is 6.39. The predicted molar refractivity (Wildman–Crippen MR) is 141 cm³/mol. The average Bonchev–Trinajstić information content (AvgIpc) is 2.75. The minimum Gasteiger partial charge on any atom is -0.460 e. The summed E-state index contributed by atoms with van der Waals surface area (Å²) in [7, 11) is -2.31. The van der Waals surface area contributed by atoms with E-state index in [9.17, 15) is 27.8 Å². The summed E-state index contributed by atoms with van der Waals surface area (Å²) in [4.78, 5) is 20.9. The average molecular weight is 538 g/mol. The van der Waals surface area contributed by atoms with Crippen molar-refractivity contribution >= 4 is 28.0 Å². The Bertz CT molecular complexity index is 1220. The van der Waals surface area contributed by atoms with Crippen LogP contribution in [0.3, 0.4) is 0 Å². The molecular formula is C26H36FN3O6S. The Morgan fingerprint density at radius 1 is 1.16 bits per heavy atom. The molecule has 2 rings (SSSR count). The summed E-state index contributed by atoms with van der Waals surface area (Å²) >= 11 is 0. The number of nitrogens with zero attached hydrogens (tertiary/aromatic N) is 3. The van der Waals surface area contributed by atoms with Gasteiger partial charge in [-0.2, -0.15) is 0 Å². The van der Waals surface area contributed by atoms with Crippen molar-refractivity contribution in [3.05, 3.63) is 47.4 Å². The number of aromatic nitrogens is 2. The number of hydrogen-bond acceptors (Lipinski definition) is 8. The number of anilines is 1. The molecule has 0 spiro atoms. The van der Waals surface area contributed by atoms with Crippen molar-refractivity contribution in [1.29, 1.82) is 0 Å². The van der Waals surface area contributed by atoms with Gasteiger partial charge in [-0.25, -0.2) is 27.1 Å². The first-order valence-corrected chi connectivity index (χ1v) is 13.7. The number of benzene rings is 1. The number of hydrogen-bond donors (Lipinski definition) is 2. The number of carbonyl (C=O) groups excluding carboxylic acids is 1. The van der Waals surface area contributed by atoms with Gasteiger partial charge in [-0.3, -0.25) is 4.79 Å².